The van der Waals surface area contributed by atoms with Crippen LogP contribution in [0.2, 0.25) is 0 Å². The number of hydrogen-bond acceptors (Lipinski definition) is 3. The van der Waals surface area contributed by atoms with Gasteiger partial charge in [-0.25, -0.2) is 0 Å². The zero-order valence-corrected chi connectivity index (χ0v) is 11.7. The maximum Gasteiger partial charge on any atom is 0.119 e. The third kappa shape index (κ3) is 3.86. The van der Waals surface area contributed by atoms with Gasteiger partial charge in [-0.1, -0.05) is 23.8 Å². The number of ether oxygens (including phenoxy) is 1. The van der Waals surface area contributed by atoms with E-state index in [9.17, 15) is 0 Å². The molecular formula is C15H19NOS. The molecule has 2 aromatic rings. The van der Waals surface area contributed by atoms with Gasteiger partial charge in [-0.3, -0.25) is 0 Å². The smallest absolute Gasteiger partial charge is 0.119 e. The van der Waals surface area contributed by atoms with Crippen LogP contribution in [-0.2, 0) is 0 Å². The van der Waals surface area contributed by atoms with Crippen molar-refractivity contribution >= 4 is 11.3 Å². The second-order valence-corrected chi connectivity index (χ2v) is 5.33. The summed E-state index contributed by atoms with van der Waals surface area (Å²) in [6, 6.07) is 12.8. The second-order valence-electron chi connectivity index (χ2n) is 4.35. The fraction of sp³-hybridized carbons (Fsp3) is 0.333. The Kier molecular flexibility index (Phi) is 4.79. The van der Waals surface area contributed by atoms with Crippen molar-refractivity contribution in [2.45, 2.75) is 19.9 Å². The van der Waals surface area contributed by atoms with Gasteiger partial charge in [0.2, 0.25) is 0 Å². The van der Waals surface area contributed by atoms with Crippen LogP contribution in [0.5, 0.6) is 5.75 Å². The summed E-state index contributed by atoms with van der Waals surface area (Å²) in [5, 5.41) is 5.56. The largest absolute Gasteiger partial charge is 0.492 e. The topological polar surface area (TPSA) is 21.3 Å². The van der Waals surface area contributed by atoms with Gasteiger partial charge in [-0.15, -0.1) is 11.3 Å². The van der Waals surface area contributed by atoms with Gasteiger partial charge in [0, 0.05) is 17.5 Å². The van der Waals surface area contributed by atoms with Crippen LogP contribution >= 0.6 is 11.3 Å². The lowest BCUT2D eigenvalue weighted by Crippen LogP contribution is -2.23. The average molecular weight is 261 g/mol. The summed E-state index contributed by atoms with van der Waals surface area (Å²) in [5.41, 5.74) is 1.26. The highest BCUT2D eigenvalue weighted by atomic mass is 32.1. The van der Waals surface area contributed by atoms with Gasteiger partial charge >= 0.3 is 0 Å². The number of aryl methyl sites for hydroxylation is 1. The summed E-state index contributed by atoms with van der Waals surface area (Å²) in [7, 11) is 0. The van der Waals surface area contributed by atoms with Crippen molar-refractivity contribution in [2.24, 2.45) is 0 Å². The van der Waals surface area contributed by atoms with Crippen LogP contribution in [0.25, 0.3) is 0 Å². The number of hydrogen-bond donors (Lipinski definition) is 1. The van der Waals surface area contributed by atoms with Crippen molar-refractivity contribution in [3.63, 3.8) is 0 Å². The third-order valence-corrected chi connectivity index (χ3v) is 3.87. The van der Waals surface area contributed by atoms with Crippen LogP contribution in [-0.4, -0.2) is 13.2 Å². The number of rotatable bonds is 6. The van der Waals surface area contributed by atoms with Crippen LogP contribution in [0.3, 0.4) is 0 Å². The lowest BCUT2D eigenvalue weighted by molar-refractivity contribution is 0.308. The molecule has 0 aliphatic carbocycles. The first kappa shape index (κ1) is 13.1. The number of benzene rings is 1. The minimum absolute atomic E-state index is 0.395. The molecule has 1 atom stereocenters. The molecule has 2 rings (SSSR count). The lowest BCUT2D eigenvalue weighted by Gasteiger charge is -2.12. The minimum atomic E-state index is 0.395. The van der Waals surface area contributed by atoms with Crippen molar-refractivity contribution in [1.82, 2.24) is 5.32 Å². The first-order valence-electron chi connectivity index (χ1n) is 6.22. The Balaban J connectivity index is 1.68. The van der Waals surface area contributed by atoms with E-state index < -0.39 is 0 Å². The fourth-order valence-electron chi connectivity index (χ4n) is 1.72. The Morgan fingerprint density at radius 2 is 2.00 bits per heavy atom. The zero-order chi connectivity index (χ0) is 12.8. The van der Waals surface area contributed by atoms with Gasteiger partial charge in [-0.2, -0.15) is 0 Å². The van der Waals surface area contributed by atoms with Crippen molar-refractivity contribution < 1.29 is 4.74 Å². The summed E-state index contributed by atoms with van der Waals surface area (Å²) >= 11 is 1.78. The molecule has 1 heterocycles. The Morgan fingerprint density at radius 1 is 1.22 bits per heavy atom. The highest BCUT2D eigenvalue weighted by molar-refractivity contribution is 7.10. The molecule has 1 aromatic heterocycles. The van der Waals surface area contributed by atoms with Gasteiger partial charge < -0.3 is 10.1 Å². The van der Waals surface area contributed by atoms with Crippen molar-refractivity contribution in [3.05, 3.63) is 52.2 Å². The highest BCUT2D eigenvalue weighted by Crippen LogP contribution is 2.17. The first-order valence-corrected chi connectivity index (χ1v) is 7.10. The van der Waals surface area contributed by atoms with Gasteiger partial charge in [-0.05, 0) is 37.4 Å². The summed E-state index contributed by atoms with van der Waals surface area (Å²) in [4.78, 5) is 1.37. The highest BCUT2D eigenvalue weighted by Gasteiger charge is 2.04. The van der Waals surface area contributed by atoms with Gasteiger partial charge in [0.15, 0.2) is 0 Å². The molecule has 96 valence electrons. The molecule has 2 nitrogen and oxygen atoms in total. The van der Waals surface area contributed by atoms with Crippen LogP contribution < -0.4 is 10.1 Å². The predicted molar refractivity (Wildman–Crippen MR) is 77.4 cm³/mol. The molecule has 18 heavy (non-hydrogen) atoms. The maximum absolute atomic E-state index is 5.67. The van der Waals surface area contributed by atoms with Gasteiger partial charge in [0.25, 0.3) is 0 Å². The molecule has 0 fully saturated rings. The zero-order valence-electron chi connectivity index (χ0n) is 10.8. The third-order valence-electron chi connectivity index (χ3n) is 2.81. The number of thiophene rings is 1. The van der Waals surface area contributed by atoms with Gasteiger partial charge in [0.05, 0.1) is 0 Å². The van der Waals surface area contributed by atoms with E-state index in [1.54, 1.807) is 11.3 Å². The van der Waals surface area contributed by atoms with E-state index in [0.717, 1.165) is 12.3 Å². The standard InChI is InChI=1S/C15H19NOS/c1-12-5-7-14(8-6-12)17-10-9-16-13(2)15-4-3-11-18-15/h3-8,11,13,16H,9-10H2,1-2H3. The van der Waals surface area contributed by atoms with Gasteiger partial charge in [0.1, 0.15) is 12.4 Å². The van der Waals surface area contributed by atoms with E-state index in [1.165, 1.54) is 10.4 Å². The molecule has 1 N–H and O–H groups in total. The molecule has 0 bridgehead atoms. The molecule has 0 spiro atoms. The average Bonchev–Trinajstić information content (AvgIpc) is 2.90. The van der Waals surface area contributed by atoms with Crippen LogP contribution in [0.15, 0.2) is 41.8 Å². The van der Waals surface area contributed by atoms with Crippen molar-refractivity contribution in [2.75, 3.05) is 13.2 Å². The fourth-order valence-corrected chi connectivity index (χ4v) is 2.48. The van der Waals surface area contributed by atoms with E-state index in [1.807, 2.05) is 12.1 Å². The van der Waals surface area contributed by atoms with E-state index in [4.69, 9.17) is 4.74 Å². The molecule has 0 radical (unpaired) electrons. The molecule has 1 aromatic carbocycles. The molecule has 1 unspecified atom stereocenters. The maximum atomic E-state index is 5.67. The SMILES string of the molecule is Cc1ccc(OCCNC(C)c2cccs2)cc1. The molecule has 0 amide bonds. The van der Waals surface area contributed by atoms with Crippen molar-refractivity contribution in [1.29, 1.82) is 0 Å². The summed E-state index contributed by atoms with van der Waals surface area (Å²) in [6.07, 6.45) is 0. The summed E-state index contributed by atoms with van der Waals surface area (Å²) in [6.45, 7) is 5.80. The first-order chi connectivity index (χ1) is 8.75. The van der Waals surface area contributed by atoms with E-state index in [2.05, 4.69) is 48.8 Å². The Hall–Kier alpha value is -1.32. The normalized spacial score (nSPS) is 12.3. The second kappa shape index (κ2) is 6.57. The van der Waals surface area contributed by atoms with E-state index in [0.29, 0.717) is 12.6 Å². The quantitative estimate of drug-likeness (QED) is 0.799. The van der Waals surface area contributed by atoms with Crippen LogP contribution in [0, 0.1) is 6.92 Å². The number of nitrogens with one attached hydrogen (secondary N) is 1. The molecule has 0 saturated carbocycles. The van der Waals surface area contributed by atoms with E-state index in [-0.39, 0.29) is 0 Å². The van der Waals surface area contributed by atoms with Crippen LogP contribution in [0.1, 0.15) is 23.4 Å². The van der Waals surface area contributed by atoms with Crippen molar-refractivity contribution in [3.8, 4) is 5.75 Å². The molecule has 0 saturated heterocycles. The predicted octanol–water partition coefficient (Wildman–Crippen LogP) is 3.79. The Morgan fingerprint density at radius 3 is 2.67 bits per heavy atom. The molecule has 0 aliphatic rings. The molecular weight excluding hydrogens is 242 g/mol. The molecule has 3 heteroatoms. The monoisotopic (exact) mass is 261 g/mol. The van der Waals surface area contributed by atoms with Crippen LogP contribution in [0.4, 0.5) is 0 Å². The lowest BCUT2D eigenvalue weighted by atomic mass is 10.2. The van der Waals surface area contributed by atoms with E-state index >= 15 is 0 Å². The molecule has 0 aliphatic heterocycles. The Labute approximate surface area is 113 Å². The summed E-state index contributed by atoms with van der Waals surface area (Å²) < 4.78 is 5.67. The Bertz CT molecular complexity index is 450. The summed E-state index contributed by atoms with van der Waals surface area (Å²) in [5.74, 6) is 0.936. The minimum Gasteiger partial charge on any atom is -0.492 e.